The Morgan fingerprint density at radius 2 is 2.17 bits per heavy atom. The molecule has 0 bridgehead atoms. The van der Waals surface area contributed by atoms with Crippen LogP contribution in [0, 0.1) is 6.92 Å². The lowest BCUT2D eigenvalue weighted by Crippen LogP contribution is -2.23. The highest BCUT2D eigenvalue weighted by molar-refractivity contribution is 7.15. The fourth-order valence-corrected chi connectivity index (χ4v) is 3.04. The van der Waals surface area contributed by atoms with E-state index in [1.807, 2.05) is 26.0 Å². The monoisotopic (exact) mass is 343 g/mol. The van der Waals surface area contributed by atoms with Gasteiger partial charge in [0.1, 0.15) is 5.01 Å². The number of hydrogen-bond donors (Lipinski definition) is 1. The number of aromatic nitrogens is 4. The topological polar surface area (TPSA) is 89.8 Å². The van der Waals surface area contributed by atoms with Gasteiger partial charge in [-0.15, -0.1) is 10.2 Å². The van der Waals surface area contributed by atoms with Crippen LogP contribution in [0.2, 0.25) is 0 Å². The number of carbonyl (C=O) groups is 1. The van der Waals surface area contributed by atoms with Crippen molar-refractivity contribution in [1.29, 1.82) is 0 Å². The summed E-state index contributed by atoms with van der Waals surface area (Å²) in [5.74, 6) is -0.204. The summed E-state index contributed by atoms with van der Waals surface area (Å²) in [6, 6.07) is 5.50. The molecule has 0 radical (unpaired) electrons. The van der Waals surface area contributed by atoms with Crippen LogP contribution in [0.15, 0.2) is 29.3 Å². The fraction of sp³-hybridized carbons (Fsp3) is 0.312. The standard InChI is InChI=1S/C16H17N5O2S/c1-3-13-19-20-16(24-13)18-12(22)7-8-21-9-17-14-10(2)5-4-6-11(14)15(21)23/h4-6,9H,3,7-8H2,1-2H3,(H,18,20,22). The molecule has 3 rings (SSSR count). The van der Waals surface area contributed by atoms with Crippen molar-refractivity contribution in [2.45, 2.75) is 33.2 Å². The molecule has 0 saturated carbocycles. The van der Waals surface area contributed by atoms with Gasteiger partial charge in [0.15, 0.2) is 0 Å². The van der Waals surface area contributed by atoms with Gasteiger partial charge in [-0.3, -0.25) is 14.2 Å². The molecule has 0 saturated heterocycles. The second kappa shape index (κ2) is 6.88. The molecular formula is C16H17N5O2S. The number of benzene rings is 1. The Balaban J connectivity index is 1.70. The van der Waals surface area contributed by atoms with Gasteiger partial charge in [-0.05, 0) is 25.0 Å². The predicted molar refractivity (Wildman–Crippen MR) is 93.3 cm³/mol. The Morgan fingerprint density at radius 1 is 1.33 bits per heavy atom. The van der Waals surface area contributed by atoms with Crippen molar-refractivity contribution >= 4 is 33.3 Å². The maximum Gasteiger partial charge on any atom is 0.261 e. The number of nitrogens with one attached hydrogen (secondary N) is 1. The molecule has 7 nitrogen and oxygen atoms in total. The molecule has 2 heterocycles. The van der Waals surface area contributed by atoms with Crippen LogP contribution in [-0.4, -0.2) is 25.7 Å². The Bertz CT molecular complexity index is 947. The van der Waals surface area contributed by atoms with Crippen molar-refractivity contribution in [3.63, 3.8) is 0 Å². The summed E-state index contributed by atoms with van der Waals surface area (Å²) in [5, 5.41) is 12.5. The molecule has 0 atom stereocenters. The highest BCUT2D eigenvalue weighted by atomic mass is 32.1. The van der Waals surface area contributed by atoms with Gasteiger partial charge in [0, 0.05) is 13.0 Å². The molecule has 124 valence electrons. The first-order valence-electron chi connectivity index (χ1n) is 7.65. The second-order valence-electron chi connectivity index (χ2n) is 5.37. The second-order valence-corrected chi connectivity index (χ2v) is 6.43. The first-order chi connectivity index (χ1) is 11.6. The minimum Gasteiger partial charge on any atom is -0.300 e. The van der Waals surface area contributed by atoms with E-state index in [1.54, 1.807) is 6.07 Å². The summed E-state index contributed by atoms with van der Waals surface area (Å²) in [7, 11) is 0. The van der Waals surface area contributed by atoms with Crippen LogP contribution in [0.1, 0.15) is 23.9 Å². The Kier molecular flexibility index (Phi) is 4.66. The number of nitrogens with zero attached hydrogens (tertiary/aromatic N) is 4. The van der Waals surface area contributed by atoms with Gasteiger partial charge in [-0.1, -0.05) is 30.4 Å². The molecule has 1 aromatic carbocycles. The molecule has 24 heavy (non-hydrogen) atoms. The number of para-hydroxylation sites is 1. The summed E-state index contributed by atoms with van der Waals surface area (Å²) < 4.78 is 1.46. The summed E-state index contributed by atoms with van der Waals surface area (Å²) in [5.41, 5.74) is 1.52. The highest BCUT2D eigenvalue weighted by Gasteiger charge is 2.10. The van der Waals surface area contributed by atoms with E-state index in [1.165, 1.54) is 22.2 Å². The molecule has 0 spiro atoms. The number of rotatable bonds is 5. The Hall–Kier alpha value is -2.61. The van der Waals surface area contributed by atoms with Gasteiger partial charge in [0.25, 0.3) is 5.56 Å². The van der Waals surface area contributed by atoms with Gasteiger partial charge < -0.3 is 5.32 Å². The smallest absolute Gasteiger partial charge is 0.261 e. The van der Waals surface area contributed by atoms with Crippen LogP contribution in [0.3, 0.4) is 0 Å². The molecule has 0 aliphatic carbocycles. The molecular weight excluding hydrogens is 326 g/mol. The van der Waals surface area contributed by atoms with Crippen LogP contribution in [0.5, 0.6) is 0 Å². The lowest BCUT2D eigenvalue weighted by Gasteiger charge is -2.07. The number of anilines is 1. The van der Waals surface area contributed by atoms with Gasteiger partial charge in [-0.25, -0.2) is 4.98 Å². The average Bonchev–Trinajstić information content (AvgIpc) is 3.02. The van der Waals surface area contributed by atoms with Crippen molar-refractivity contribution in [1.82, 2.24) is 19.7 Å². The zero-order valence-corrected chi connectivity index (χ0v) is 14.3. The van der Waals surface area contributed by atoms with E-state index < -0.39 is 0 Å². The van der Waals surface area contributed by atoms with Crippen LogP contribution >= 0.6 is 11.3 Å². The molecule has 2 aromatic heterocycles. The largest absolute Gasteiger partial charge is 0.300 e. The average molecular weight is 343 g/mol. The summed E-state index contributed by atoms with van der Waals surface area (Å²) in [6.45, 7) is 4.16. The zero-order chi connectivity index (χ0) is 17.1. The maximum absolute atomic E-state index is 12.5. The first-order valence-corrected chi connectivity index (χ1v) is 8.47. The highest BCUT2D eigenvalue weighted by Crippen LogP contribution is 2.15. The van der Waals surface area contributed by atoms with Crippen molar-refractivity contribution in [3.05, 3.63) is 45.5 Å². The Morgan fingerprint density at radius 3 is 2.92 bits per heavy atom. The number of fused-ring (bicyclic) bond motifs is 1. The van der Waals surface area contributed by atoms with E-state index in [-0.39, 0.29) is 24.4 Å². The quantitative estimate of drug-likeness (QED) is 0.766. The number of amides is 1. The summed E-state index contributed by atoms with van der Waals surface area (Å²) in [6.07, 6.45) is 2.44. The van der Waals surface area contributed by atoms with Crippen LogP contribution < -0.4 is 10.9 Å². The van der Waals surface area contributed by atoms with E-state index in [2.05, 4.69) is 20.5 Å². The van der Waals surface area contributed by atoms with Crippen molar-refractivity contribution < 1.29 is 4.79 Å². The van der Waals surface area contributed by atoms with Crippen LogP contribution in [0.4, 0.5) is 5.13 Å². The molecule has 0 unspecified atom stereocenters. The molecule has 8 heteroatoms. The number of aryl methyl sites for hydroxylation is 3. The third kappa shape index (κ3) is 3.33. The van der Waals surface area contributed by atoms with Crippen LogP contribution in [0.25, 0.3) is 10.9 Å². The van der Waals surface area contributed by atoms with Crippen LogP contribution in [-0.2, 0) is 17.8 Å². The SMILES string of the molecule is CCc1nnc(NC(=O)CCn2cnc3c(C)cccc3c2=O)s1. The number of carbonyl (C=O) groups excluding carboxylic acids is 1. The van der Waals surface area contributed by atoms with Crippen molar-refractivity contribution in [3.8, 4) is 0 Å². The third-order valence-corrected chi connectivity index (χ3v) is 4.63. The molecule has 3 aromatic rings. The van der Waals surface area contributed by atoms with E-state index in [9.17, 15) is 9.59 Å². The van der Waals surface area contributed by atoms with E-state index >= 15 is 0 Å². The molecule has 0 fully saturated rings. The lowest BCUT2D eigenvalue weighted by molar-refractivity contribution is -0.116. The maximum atomic E-state index is 12.5. The van der Waals surface area contributed by atoms with Crippen molar-refractivity contribution in [2.24, 2.45) is 0 Å². The third-order valence-electron chi connectivity index (χ3n) is 3.65. The lowest BCUT2D eigenvalue weighted by atomic mass is 10.1. The van der Waals surface area contributed by atoms with Gasteiger partial charge in [0.2, 0.25) is 11.0 Å². The predicted octanol–water partition coefficient (Wildman–Crippen LogP) is 2.15. The summed E-state index contributed by atoms with van der Waals surface area (Å²) >= 11 is 1.35. The molecule has 0 aliphatic heterocycles. The zero-order valence-electron chi connectivity index (χ0n) is 13.4. The molecule has 1 N–H and O–H groups in total. The molecule has 0 aliphatic rings. The first kappa shape index (κ1) is 16.3. The normalized spacial score (nSPS) is 10.9. The summed E-state index contributed by atoms with van der Waals surface area (Å²) in [4.78, 5) is 28.8. The minimum atomic E-state index is -0.204. The van der Waals surface area contributed by atoms with E-state index in [4.69, 9.17) is 0 Å². The minimum absolute atomic E-state index is 0.138. The van der Waals surface area contributed by atoms with Gasteiger partial charge in [-0.2, -0.15) is 0 Å². The van der Waals surface area contributed by atoms with Gasteiger partial charge >= 0.3 is 0 Å². The van der Waals surface area contributed by atoms with Gasteiger partial charge in [0.05, 0.1) is 17.2 Å². The van der Waals surface area contributed by atoms with E-state index in [0.29, 0.717) is 16.0 Å². The van der Waals surface area contributed by atoms with E-state index in [0.717, 1.165) is 17.0 Å². The fourth-order valence-electron chi connectivity index (χ4n) is 2.35. The molecule has 1 amide bonds. The van der Waals surface area contributed by atoms with Crippen molar-refractivity contribution in [2.75, 3.05) is 5.32 Å². The Labute approximate surface area is 142 Å². The number of hydrogen-bond acceptors (Lipinski definition) is 6.